The van der Waals surface area contributed by atoms with Crippen molar-refractivity contribution in [3.05, 3.63) is 106 Å². The molecule has 1 amide bonds. The van der Waals surface area contributed by atoms with E-state index in [1.807, 2.05) is 43.3 Å². The van der Waals surface area contributed by atoms with Gasteiger partial charge in [-0.2, -0.15) is 0 Å². The lowest BCUT2D eigenvalue weighted by Crippen LogP contribution is -2.15. The van der Waals surface area contributed by atoms with E-state index in [0.29, 0.717) is 30.0 Å². The minimum absolute atomic E-state index is 0.173. The van der Waals surface area contributed by atoms with Crippen LogP contribution in [0, 0.1) is 18.6 Å². The molecule has 5 heteroatoms. The summed E-state index contributed by atoms with van der Waals surface area (Å²) < 4.78 is 29.0. The van der Waals surface area contributed by atoms with E-state index < -0.39 is 17.5 Å². The van der Waals surface area contributed by atoms with Crippen molar-refractivity contribution in [1.29, 1.82) is 0 Å². The maximum absolute atomic E-state index is 14.5. The lowest BCUT2D eigenvalue weighted by molar-refractivity contribution is 0.102. The zero-order valence-electron chi connectivity index (χ0n) is 19.0. The van der Waals surface area contributed by atoms with E-state index in [0.717, 1.165) is 28.0 Å². The minimum Gasteiger partial charge on any atom is -0.322 e. The molecule has 0 aliphatic carbocycles. The molecule has 3 nitrogen and oxygen atoms in total. The number of halogens is 2. The highest BCUT2D eigenvalue weighted by atomic mass is 19.1. The average Bonchev–Trinajstić information content (AvgIpc) is 2.78. The summed E-state index contributed by atoms with van der Waals surface area (Å²) in [6.07, 6.45) is 4.40. The number of hydrogen-bond donors (Lipinski definition) is 1. The van der Waals surface area contributed by atoms with Crippen LogP contribution in [-0.2, 0) is 12.8 Å². The average molecular weight is 445 g/mol. The van der Waals surface area contributed by atoms with E-state index >= 15 is 0 Å². The number of amides is 1. The molecule has 0 spiro atoms. The Morgan fingerprint density at radius 1 is 0.939 bits per heavy atom. The number of carbonyl (C=O) groups is 1. The Kier molecular flexibility index (Phi) is 6.50. The van der Waals surface area contributed by atoms with Gasteiger partial charge in [-0.3, -0.25) is 9.78 Å². The fourth-order valence-corrected chi connectivity index (χ4v) is 4.21. The van der Waals surface area contributed by atoms with Crippen LogP contribution in [0.25, 0.3) is 10.8 Å². The van der Waals surface area contributed by atoms with E-state index in [1.54, 1.807) is 18.5 Å². The second-order valence-electron chi connectivity index (χ2n) is 8.62. The van der Waals surface area contributed by atoms with Gasteiger partial charge in [-0.1, -0.05) is 44.2 Å². The molecule has 3 aromatic carbocycles. The SMILES string of the molecule is Cc1cc(NC(=O)c2cc(CCc3cncc4ccccc34)c(F)cc2F)ccc1C(C)C. The number of hydrogen-bond acceptors (Lipinski definition) is 2. The third kappa shape index (κ3) is 4.92. The normalized spacial score (nSPS) is 11.2. The predicted octanol–water partition coefficient (Wildman–Crippen LogP) is 6.98. The van der Waals surface area contributed by atoms with Crippen LogP contribution in [0.2, 0.25) is 0 Å². The van der Waals surface area contributed by atoms with Crippen molar-refractivity contribution in [2.24, 2.45) is 0 Å². The van der Waals surface area contributed by atoms with Crippen molar-refractivity contribution >= 4 is 22.4 Å². The first-order valence-corrected chi connectivity index (χ1v) is 11.0. The van der Waals surface area contributed by atoms with Gasteiger partial charge < -0.3 is 5.32 Å². The van der Waals surface area contributed by atoms with Gasteiger partial charge in [0.25, 0.3) is 5.91 Å². The Bertz CT molecular complexity index is 1330. The Morgan fingerprint density at radius 2 is 1.70 bits per heavy atom. The number of anilines is 1. The van der Waals surface area contributed by atoms with Gasteiger partial charge in [-0.05, 0) is 71.5 Å². The van der Waals surface area contributed by atoms with Gasteiger partial charge in [0, 0.05) is 29.5 Å². The highest BCUT2D eigenvalue weighted by Crippen LogP contribution is 2.24. The fraction of sp³-hybridized carbons (Fsp3) is 0.214. The summed E-state index contributed by atoms with van der Waals surface area (Å²) in [6.45, 7) is 6.18. The van der Waals surface area contributed by atoms with Gasteiger partial charge in [-0.25, -0.2) is 8.78 Å². The van der Waals surface area contributed by atoms with Crippen LogP contribution in [0.1, 0.15) is 52.4 Å². The molecule has 0 radical (unpaired) electrons. The number of aryl methyl sites for hydroxylation is 3. The molecule has 0 saturated carbocycles. The lowest BCUT2D eigenvalue weighted by atomic mass is 9.97. The highest BCUT2D eigenvalue weighted by Gasteiger charge is 2.17. The number of nitrogens with zero attached hydrogens (tertiary/aromatic N) is 1. The van der Waals surface area contributed by atoms with Gasteiger partial charge in [0.15, 0.2) is 0 Å². The van der Waals surface area contributed by atoms with Crippen LogP contribution in [0.3, 0.4) is 0 Å². The standard InChI is InChI=1S/C28H26F2N2O/c1-17(2)23-11-10-22(12-18(23)3)32-28(33)25-13-19(26(29)14-27(25)30)8-9-21-16-31-15-20-6-4-5-7-24(20)21/h4-7,10-17H,8-9H2,1-3H3,(H,32,33). The molecule has 1 heterocycles. The summed E-state index contributed by atoms with van der Waals surface area (Å²) in [6, 6.07) is 15.6. The monoisotopic (exact) mass is 444 g/mol. The minimum atomic E-state index is -0.879. The van der Waals surface area contributed by atoms with Crippen molar-refractivity contribution in [2.45, 2.75) is 39.5 Å². The molecule has 33 heavy (non-hydrogen) atoms. The van der Waals surface area contributed by atoms with Gasteiger partial charge in [0.05, 0.1) is 5.56 Å². The van der Waals surface area contributed by atoms with Gasteiger partial charge >= 0.3 is 0 Å². The third-order valence-corrected chi connectivity index (χ3v) is 5.94. The number of rotatable bonds is 6. The zero-order chi connectivity index (χ0) is 23.5. The zero-order valence-corrected chi connectivity index (χ0v) is 19.0. The van der Waals surface area contributed by atoms with Crippen LogP contribution in [0.5, 0.6) is 0 Å². The molecule has 4 rings (SSSR count). The summed E-state index contributed by atoms with van der Waals surface area (Å²) in [5.74, 6) is -1.77. The van der Waals surface area contributed by atoms with E-state index in [2.05, 4.69) is 24.1 Å². The number of carbonyl (C=O) groups excluding carboxylic acids is 1. The smallest absolute Gasteiger partial charge is 0.258 e. The largest absolute Gasteiger partial charge is 0.322 e. The van der Waals surface area contributed by atoms with Crippen LogP contribution in [-0.4, -0.2) is 10.9 Å². The Labute approximate surface area is 192 Å². The molecular formula is C28H26F2N2O. The van der Waals surface area contributed by atoms with Crippen LogP contribution in [0.4, 0.5) is 14.5 Å². The molecular weight excluding hydrogens is 418 g/mol. The van der Waals surface area contributed by atoms with Crippen LogP contribution in [0.15, 0.2) is 67.0 Å². The molecule has 0 fully saturated rings. The first-order chi connectivity index (χ1) is 15.8. The fourth-order valence-electron chi connectivity index (χ4n) is 4.21. The molecule has 0 aliphatic rings. The third-order valence-electron chi connectivity index (χ3n) is 5.94. The van der Waals surface area contributed by atoms with E-state index in [-0.39, 0.29) is 5.56 Å². The van der Waals surface area contributed by atoms with Crippen molar-refractivity contribution in [1.82, 2.24) is 4.98 Å². The van der Waals surface area contributed by atoms with E-state index in [1.165, 1.54) is 11.6 Å². The lowest BCUT2D eigenvalue weighted by Gasteiger charge is -2.13. The first kappa shape index (κ1) is 22.6. The Morgan fingerprint density at radius 3 is 2.45 bits per heavy atom. The molecule has 0 bridgehead atoms. The first-order valence-electron chi connectivity index (χ1n) is 11.0. The second kappa shape index (κ2) is 9.49. The van der Waals surface area contributed by atoms with Crippen molar-refractivity contribution in [3.8, 4) is 0 Å². The van der Waals surface area contributed by atoms with Gasteiger partial charge in [0.1, 0.15) is 11.6 Å². The molecule has 0 saturated heterocycles. The van der Waals surface area contributed by atoms with Crippen molar-refractivity contribution in [3.63, 3.8) is 0 Å². The highest BCUT2D eigenvalue weighted by molar-refractivity contribution is 6.04. The predicted molar refractivity (Wildman–Crippen MR) is 129 cm³/mol. The van der Waals surface area contributed by atoms with E-state index in [4.69, 9.17) is 0 Å². The maximum Gasteiger partial charge on any atom is 0.258 e. The number of benzene rings is 3. The van der Waals surface area contributed by atoms with Crippen LogP contribution >= 0.6 is 0 Å². The summed E-state index contributed by atoms with van der Waals surface area (Å²) in [5.41, 5.74) is 3.91. The van der Waals surface area contributed by atoms with Crippen molar-refractivity contribution < 1.29 is 13.6 Å². The maximum atomic E-state index is 14.5. The topological polar surface area (TPSA) is 42.0 Å². The molecule has 4 aromatic rings. The number of nitrogens with one attached hydrogen (secondary N) is 1. The molecule has 168 valence electrons. The van der Waals surface area contributed by atoms with Crippen molar-refractivity contribution in [2.75, 3.05) is 5.32 Å². The van der Waals surface area contributed by atoms with E-state index in [9.17, 15) is 13.6 Å². The van der Waals surface area contributed by atoms with Gasteiger partial charge in [0.2, 0.25) is 0 Å². The summed E-state index contributed by atoms with van der Waals surface area (Å²) >= 11 is 0. The summed E-state index contributed by atoms with van der Waals surface area (Å²) in [5, 5.41) is 4.80. The summed E-state index contributed by atoms with van der Waals surface area (Å²) in [7, 11) is 0. The molecule has 1 aromatic heterocycles. The molecule has 1 N–H and O–H groups in total. The molecule has 0 aliphatic heterocycles. The summed E-state index contributed by atoms with van der Waals surface area (Å²) in [4.78, 5) is 17.1. The Hall–Kier alpha value is -3.60. The quantitative estimate of drug-likeness (QED) is 0.348. The second-order valence-corrected chi connectivity index (χ2v) is 8.62. The number of pyridine rings is 1. The number of fused-ring (bicyclic) bond motifs is 1. The van der Waals surface area contributed by atoms with Crippen LogP contribution < -0.4 is 5.32 Å². The Balaban J connectivity index is 1.55. The molecule has 0 unspecified atom stereocenters. The molecule has 0 atom stereocenters. The van der Waals surface area contributed by atoms with Gasteiger partial charge in [-0.15, -0.1) is 0 Å². The number of aromatic nitrogens is 1.